The Kier molecular flexibility index (Phi) is 7.93. The molecule has 0 amide bonds. The number of thioether (sulfide) groups is 1. The second kappa shape index (κ2) is 9.23. The molecule has 0 atom stereocenters. The summed E-state index contributed by atoms with van der Waals surface area (Å²) in [6.45, 7) is 2.22. The Balaban J connectivity index is 1.87. The Morgan fingerprint density at radius 1 is 1.11 bits per heavy atom. The first-order chi connectivity index (χ1) is 9.08. The Bertz CT molecular complexity index is 332. The molecule has 0 aliphatic heterocycles. The monoisotopic (exact) mass is 293 g/mol. The van der Waals surface area contributed by atoms with Crippen LogP contribution in [0.2, 0.25) is 0 Å². The normalized spacial score (nSPS) is 11.7. The van der Waals surface area contributed by atoms with Gasteiger partial charge in [0.25, 0.3) is 0 Å². The van der Waals surface area contributed by atoms with Crippen LogP contribution in [0.15, 0.2) is 30.3 Å². The molecule has 0 spiro atoms. The van der Waals surface area contributed by atoms with E-state index in [4.69, 9.17) is 4.74 Å². The lowest BCUT2D eigenvalue weighted by Gasteiger charge is -2.07. The molecule has 0 saturated carbocycles. The van der Waals surface area contributed by atoms with E-state index in [0.29, 0.717) is 6.61 Å². The van der Waals surface area contributed by atoms with E-state index in [0.717, 1.165) is 19.5 Å². The zero-order chi connectivity index (χ0) is 14.0. The molecule has 108 valence electrons. The molecular weight excluding hydrogens is 275 g/mol. The minimum absolute atomic E-state index is 0.0407. The Morgan fingerprint density at radius 3 is 2.53 bits per heavy atom. The van der Waals surface area contributed by atoms with Crippen LogP contribution < -0.4 is 5.32 Å². The Morgan fingerprint density at radius 2 is 1.84 bits per heavy atom. The second-order valence-electron chi connectivity index (χ2n) is 3.92. The molecule has 1 N–H and O–H groups in total. The molecule has 0 aliphatic carbocycles. The smallest absolute Gasteiger partial charge is 0.381 e. The summed E-state index contributed by atoms with van der Waals surface area (Å²) in [4.78, 5) is 0. The van der Waals surface area contributed by atoms with Crippen LogP contribution in [0.5, 0.6) is 0 Å². The van der Waals surface area contributed by atoms with Gasteiger partial charge in [-0.2, -0.15) is 13.2 Å². The maximum atomic E-state index is 11.8. The highest BCUT2D eigenvalue weighted by molar-refractivity contribution is 8.00. The lowest BCUT2D eigenvalue weighted by atomic mass is 10.2. The summed E-state index contributed by atoms with van der Waals surface area (Å²) in [6.07, 6.45) is 0.795. The van der Waals surface area contributed by atoms with Crippen LogP contribution in [0.1, 0.15) is 12.0 Å². The van der Waals surface area contributed by atoms with Crippen molar-refractivity contribution >= 4 is 11.8 Å². The van der Waals surface area contributed by atoms with Crippen molar-refractivity contribution in [3.8, 4) is 0 Å². The molecule has 0 aromatic heterocycles. The summed E-state index contributed by atoms with van der Waals surface area (Å²) in [6, 6.07) is 10.0. The highest BCUT2D eigenvalue weighted by atomic mass is 32.2. The first-order valence-electron chi connectivity index (χ1n) is 6.11. The van der Waals surface area contributed by atoms with Gasteiger partial charge >= 0.3 is 5.51 Å². The number of halogens is 3. The molecule has 0 unspecified atom stereocenters. The van der Waals surface area contributed by atoms with Gasteiger partial charge in [-0.15, -0.1) is 0 Å². The van der Waals surface area contributed by atoms with Crippen molar-refractivity contribution in [3.05, 3.63) is 35.9 Å². The summed E-state index contributed by atoms with van der Waals surface area (Å²) >= 11 is -0.0415. The summed E-state index contributed by atoms with van der Waals surface area (Å²) in [7, 11) is 0. The topological polar surface area (TPSA) is 21.3 Å². The quantitative estimate of drug-likeness (QED) is 0.705. The molecule has 0 aliphatic rings. The van der Waals surface area contributed by atoms with E-state index in [1.54, 1.807) is 0 Å². The molecular formula is C13H18F3NOS. The Hall–Kier alpha value is -0.720. The van der Waals surface area contributed by atoms with E-state index in [2.05, 4.69) is 5.32 Å². The van der Waals surface area contributed by atoms with Crippen LogP contribution in [-0.2, 0) is 11.3 Å². The van der Waals surface area contributed by atoms with Crippen molar-refractivity contribution in [3.63, 3.8) is 0 Å². The average molecular weight is 293 g/mol. The molecule has 0 bridgehead atoms. The second-order valence-corrected chi connectivity index (χ2v) is 5.08. The minimum Gasteiger partial charge on any atom is -0.381 e. The average Bonchev–Trinajstić information content (AvgIpc) is 2.37. The van der Waals surface area contributed by atoms with Gasteiger partial charge in [-0.3, -0.25) is 0 Å². The molecule has 1 rings (SSSR count). The molecule has 0 heterocycles. The number of rotatable bonds is 9. The van der Waals surface area contributed by atoms with Gasteiger partial charge in [-0.25, -0.2) is 0 Å². The van der Waals surface area contributed by atoms with Gasteiger partial charge in [0, 0.05) is 18.9 Å². The molecule has 6 heteroatoms. The van der Waals surface area contributed by atoms with Gasteiger partial charge in [0.2, 0.25) is 0 Å². The highest BCUT2D eigenvalue weighted by Gasteiger charge is 2.27. The molecule has 1 aromatic carbocycles. The molecule has 0 fully saturated rings. The zero-order valence-electron chi connectivity index (χ0n) is 10.6. The first-order valence-corrected chi connectivity index (χ1v) is 7.09. The van der Waals surface area contributed by atoms with E-state index >= 15 is 0 Å². The van der Waals surface area contributed by atoms with E-state index < -0.39 is 5.51 Å². The Labute approximate surface area is 115 Å². The summed E-state index contributed by atoms with van der Waals surface area (Å²) in [5.74, 6) is -0.0407. The third kappa shape index (κ3) is 9.81. The molecule has 19 heavy (non-hydrogen) atoms. The van der Waals surface area contributed by atoms with Crippen molar-refractivity contribution < 1.29 is 17.9 Å². The van der Waals surface area contributed by atoms with Crippen LogP contribution in [0, 0.1) is 0 Å². The third-order valence-corrected chi connectivity index (χ3v) is 3.01. The van der Waals surface area contributed by atoms with Crippen LogP contribution >= 0.6 is 11.8 Å². The summed E-state index contributed by atoms with van der Waals surface area (Å²) in [5.41, 5.74) is -2.94. The fraction of sp³-hybridized carbons (Fsp3) is 0.538. The van der Waals surface area contributed by atoms with E-state index in [-0.39, 0.29) is 24.1 Å². The molecule has 2 nitrogen and oxygen atoms in total. The number of nitrogens with one attached hydrogen (secondary N) is 1. The number of hydrogen-bond donors (Lipinski definition) is 1. The van der Waals surface area contributed by atoms with E-state index in [9.17, 15) is 13.2 Å². The number of ether oxygens (including phenoxy) is 1. The fourth-order valence-corrected chi connectivity index (χ4v) is 1.88. The van der Waals surface area contributed by atoms with Gasteiger partial charge < -0.3 is 10.1 Å². The SMILES string of the molecule is FC(F)(F)SCCOCCCNCc1ccccc1. The van der Waals surface area contributed by atoms with Crippen LogP contribution in [-0.4, -0.2) is 31.0 Å². The predicted octanol–water partition coefficient (Wildman–Crippen LogP) is 3.44. The largest absolute Gasteiger partial charge is 0.441 e. The minimum atomic E-state index is -4.15. The van der Waals surface area contributed by atoms with Gasteiger partial charge in [-0.05, 0) is 30.3 Å². The third-order valence-electron chi connectivity index (χ3n) is 2.31. The summed E-state index contributed by atoms with van der Waals surface area (Å²) < 4.78 is 40.5. The van der Waals surface area contributed by atoms with Gasteiger partial charge in [0.05, 0.1) is 6.61 Å². The highest BCUT2D eigenvalue weighted by Crippen LogP contribution is 2.29. The maximum absolute atomic E-state index is 11.8. The molecule has 0 saturated heterocycles. The number of hydrogen-bond acceptors (Lipinski definition) is 3. The lowest BCUT2D eigenvalue weighted by Crippen LogP contribution is -2.16. The number of alkyl halides is 3. The predicted molar refractivity (Wildman–Crippen MR) is 72.1 cm³/mol. The maximum Gasteiger partial charge on any atom is 0.441 e. The van der Waals surface area contributed by atoms with Crippen LogP contribution in [0.4, 0.5) is 13.2 Å². The standard InChI is InChI=1S/C13H18F3NOS/c14-13(15,16)19-10-9-18-8-4-7-17-11-12-5-2-1-3-6-12/h1-3,5-6,17H,4,7-11H2. The van der Waals surface area contributed by atoms with E-state index in [1.165, 1.54) is 5.56 Å². The lowest BCUT2D eigenvalue weighted by molar-refractivity contribution is -0.0331. The van der Waals surface area contributed by atoms with Crippen molar-refractivity contribution in [2.24, 2.45) is 0 Å². The van der Waals surface area contributed by atoms with E-state index in [1.807, 2.05) is 30.3 Å². The first kappa shape index (κ1) is 16.3. The van der Waals surface area contributed by atoms with Crippen molar-refractivity contribution in [1.82, 2.24) is 5.32 Å². The molecule has 0 radical (unpaired) electrons. The van der Waals surface area contributed by atoms with Crippen molar-refractivity contribution in [2.75, 3.05) is 25.5 Å². The summed E-state index contributed by atoms with van der Waals surface area (Å²) in [5, 5.41) is 3.25. The van der Waals surface area contributed by atoms with Crippen molar-refractivity contribution in [1.29, 1.82) is 0 Å². The van der Waals surface area contributed by atoms with Gasteiger partial charge in [0.15, 0.2) is 0 Å². The number of benzene rings is 1. The fourth-order valence-electron chi connectivity index (χ4n) is 1.45. The van der Waals surface area contributed by atoms with Gasteiger partial charge in [0.1, 0.15) is 0 Å². The zero-order valence-corrected chi connectivity index (χ0v) is 11.4. The van der Waals surface area contributed by atoms with Gasteiger partial charge in [-0.1, -0.05) is 30.3 Å². The van der Waals surface area contributed by atoms with Crippen LogP contribution in [0.25, 0.3) is 0 Å². The van der Waals surface area contributed by atoms with Crippen LogP contribution in [0.3, 0.4) is 0 Å². The molecule has 1 aromatic rings. The van der Waals surface area contributed by atoms with Crippen molar-refractivity contribution in [2.45, 2.75) is 18.5 Å².